The van der Waals surface area contributed by atoms with E-state index < -0.39 is 11.9 Å². The number of carbonyl (C=O) groups is 2. The van der Waals surface area contributed by atoms with Crippen LogP contribution in [-0.2, 0) is 14.3 Å². The average molecular weight is 175 g/mol. The molecule has 0 aliphatic rings. The Labute approximate surface area is 68.0 Å². The molecule has 0 aromatic heterocycles. The number of hydrogen-bond acceptors (Lipinski definition) is 4. The molecule has 0 bridgehead atoms. The van der Waals surface area contributed by atoms with Crippen molar-refractivity contribution in [1.82, 2.24) is 0 Å². The van der Waals surface area contributed by atoms with Gasteiger partial charge in [0.1, 0.15) is 6.61 Å². The summed E-state index contributed by atoms with van der Waals surface area (Å²) in [5, 5.41) is 8.03. The number of aliphatic carboxylic acids is 1. The average Bonchev–Trinajstić information content (AvgIpc) is 1.97. The molecule has 0 unspecified atom stereocenters. The SMILES string of the molecule is NC(N)=NCCOC(=O)C(=O)O. The maximum Gasteiger partial charge on any atom is 0.417 e. The molecule has 7 nitrogen and oxygen atoms in total. The summed E-state index contributed by atoms with van der Waals surface area (Å²) in [6.07, 6.45) is 0. The predicted molar refractivity (Wildman–Crippen MR) is 39.3 cm³/mol. The largest absolute Gasteiger partial charge is 0.473 e. The van der Waals surface area contributed by atoms with E-state index in [9.17, 15) is 9.59 Å². The van der Waals surface area contributed by atoms with Crippen LogP contribution >= 0.6 is 0 Å². The van der Waals surface area contributed by atoms with Crippen LogP contribution in [0.25, 0.3) is 0 Å². The number of aliphatic imine (C=N–C) groups is 1. The monoisotopic (exact) mass is 175 g/mol. The molecule has 68 valence electrons. The third kappa shape index (κ3) is 5.03. The van der Waals surface area contributed by atoms with E-state index in [1.54, 1.807) is 0 Å². The van der Waals surface area contributed by atoms with Gasteiger partial charge in [-0.15, -0.1) is 0 Å². The minimum atomic E-state index is -1.64. The Bertz CT molecular complexity index is 209. The van der Waals surface area contributed by atoms with Gasteiger partial charge in [0.15, 0.2) is 5.96 Å². The molecule has 0 aliphatic carbocycles. The molecular weight excluding hydrogens is 166 g/mol. The van der Waals surface area contributed by atoms with Crippen LogP contribution in [0.3, 0.4) is 0 Å². The molecule has 5 N–H and O–H groups in total. The maximum absolute atomic E-state index is 10.3. The molecule has 7 heteroatoms. The Balaban J connectivity index is 3.51. The van der Waals surface area contributed by atoms with Gasteiger partial charge in [0.05, 0.1) is 6.54 Å². The van der Waals surface area contributed by atoms with Crippen molar-refractivity contribution in [3.63, 3.8) is 0 Å². The molecule has 0 amide bonds. The Morgan fingerprint density at radius 1 is 1.42 bits per heavy atom. The fourth-order valence-electron chi connectivity index (χ4n) is 0.375. The first-order valence-corrected chi connectivity index (χ1v) is 2.99. The smallest absolute Gasteiger partial charge is 0.417 e. The van der Waals surface area contributed by atoms with Gasteiger partial charge in [0, 0.05) is 0 Å². The van der Waals surface area contributed by atoms with Crippen LogP contribution in [0.5, 0.6) is 0 Å². The molecule has 0 aromatic rings. The number of rotatable bonds is 3. The highest BCUT2D eigenvalue weighted by Crippen LogP contribution is 1.79. The van der Waals surface area contributed by atoms with Gasteiger partial charge in [0.2, 0.25) is 0 Å². The van der Waals surface area contributed by atoms with E-state index in [1.165, 1.54) is 0 Å². The van der Waals surface area contributed by atoms with Crippen molar-refractivity contribution in [3.05, 3.63) is 0 Å². The first-order valence-electron chi connectivity index (χ1n) is 2.99. The van der Waals surface area contributed by atoms with Crippen LogP contribution in [0.4, 0.5) is 0 Å². The number of hydrogen-bond donors (Lipinski definition) is 3. The Hall–Kier alpha value is -1.79. The molecule has 12 heavy (non-hydrogen) atoms. The molecular formula is C5H9N3O4. The second kappa shape index (κ2) is 4.94. The van der Waals surface area contributed by atoms with Crippen LogP contribution in [-0.4, -0.2) is 36.2 Å². The van der Waals surface area contributed by atoms with Gasteiger partial charge in [-0.1, -0.05) is 0 Å². The number of carbonyl (C=O) groups excluding carboxylic acids is 1. The summed E-state index contributed by atoms with van der Waals surface area (Å²) in [5.41, 5.74) is 9.88. The molecule has 0 rings (SSSR count). The molecule has 0 saturated carbocycles. The standard InChI is InChI=1S/C5H9N3O4/c6-5(7)8-1-2-12-4(11)3(9)10/h1-2H2,(H,9,10)(H4,6,7,8). The van der Waals surface area contributed by atoms with Gasteiger partial charge in [-0.25, -0.2) is 9.59 Å². The summed E-state index contributed by atoms with van der Waals surface area (Å²) in [6.45, 7) is -0.0929. The quantitative estimate of drug-likeness (QED) is 0.148. The predicted octanol–water partition coefficient (Wildman–Crippen LogP) is -2.11. The van der Waals surface area contributed by atoms with Crippen molar-refractivity contribution in [3.8, 4) is 0 Å². The van der Waals surface area contributed by atoms with Crippen molar-refractivity contribution >= 4 is 17.9 Å². The molecule has 0 aromatic carbocycles. The molecule has 0 spiro atoms. The van der Waals surface area contributed by atoms with Crippen molar-refractivity contribution in [2.45, 2.75) is 0 Å². The second-order valence-electron chi connectivity index (χ2n) is 1.75. The fourth-order valence-corrected chi connectivity index (χ4v) is 0.375. The van der Waals surface area contributed by atoms with Crippen molar-refractivity contribution in [2.75, 3.05) is 13.2 Å². The highest BCUT2D eigenvalue weighted by atomic mass is 16.6. The van der Waals surface area contributed by atoms with E-state index in [4.69, 9.17) is 16.6 Å². The lowest BCUT2D eigenvalue weighted by Crippen LogP contribution is -2.24. The van der Waals surface area contributed by atoms with Gasteiger partial charge in [0.25, 0.3) is 0 Å². The number of ether oxygens (including phenoxy) is 1. The molecule has 0 aliphatic heterocycles. The lowest BCUT2D eigenvalue weighted by molar-refractivity contribution is -0.163. The third-order valence-electron chi connectivity index (χ3n) is 0.793. The highest BCUT2D eigenvalue weighted by Gasteiger charge is 2.11. The van der Waals surface area contributed by atoms with Crippen LogP contribution in [0, 0.1) is 0 Å². The van der Waals surface area contributed by atoms with Crippen LogP contribution in [0.15, 0.2) is 4.99 Å². The number of nitrogens with two attached hydrogens (primary N) is 2. The Kier molecular flexibility index (Phi) is 4.20. The van der Waals surface area contributed by atoms with Crippen molar-refractivity contribution < 1.29 is 19.4 Å². The topological polar surface area (TPSA) is 128 Å². The van der Waals surface area contributed by atoms with Crippen molar-refractivity contribution in [2.24, 2.45) is 16.5 Å². The van der Waals surface area contributed by atoms with E-state index in [0.29, 0.717) is 0 Å². The fraction of sp³-hybridized carbons (Fsp3) is 0.400. The first kappa shape index (κ1) is 10.2. The zero-order chi connectivity index (χ0) is 9.56. The summed E-state index contributed by atoms with van der Waals surface area (Å²) < 4.78 is 4.20. The van der Waals surface area contributed by atoms with E-state index in [2.05, 4.69) is 9.73 Å². The first-order chi connectivity index (χ1) is 5.54. The highest BCUT2D eigenvalue weighted by molar-refractivity contribution is 6.28. The molecule has 0 atom stereocenters. The van der Waals surface area contributed by atoms with Gasteiger partial charge in [-0.2, -0.15) is 0 Å². The van der Waals surface area contributed by atoms with E-state index >= 15 is 0 Å². The van der Waals surface area contributed by atoms with E-state index in [-0.39, 0.29) is 19.1 Å². The number of carboxylic acids is 1. The summed E-state index contributed by atoms with van der Waals surface area (Å²) in [5.74, 6) is -3.10. The second-order valence-corrected chi connectivity index (χ2v) is 1.75. The summed E-state index contributed by atoms with van der Waals surface area (Å²) in [4.78, 5) is 23.6. The van der Waals surface area contributed by atoms with Crippen LogP contribution in [0.2, 0.25) is 0 Å². The lowest BCUT2D eigenvalue weighted by Gasteiger charge is -1.97. The number of guanidine groups is 1. The zero-order valence-corrected chi connectivity index (χ0v) is 6.19. The zero-order valence-electron chi connectivity index (χ0n) is 6.19. The number of nitrogens with zero attached hydrogens (tertiary/aromatic N) is 1. The van der Waals surface area contributed by atoms with Gasteiger partial charge in [-0.3, -0.25) is 4.99 Å². The van der Waals surface area contributed by atoms with E-state index in [1.807, 2.05) is 0 Å². The van der Waals surface area contributed by atoms with Crippen LogP contribution in [0.1, 0.15) is 0 Å². The normalized spacial score (nSPS) is 8.67. The third-order valence-corrected chi connectivity index (χ3v) is 0.793. The molecule has 0 saturated heterocycles. The van der Waals surface area contributed by atoms with Gasteiger partial charge in [-0.05, 0) is 0 Å². The number of esters is 1. The lowest BCUT2D eigenvalue weighted by atomic mass is 10.6. The Morgan fingerprint density at radius 3 is 2.42 bits per heavy atom. The number of carboxylic acid groups (broad SMARTS) is 1. The summed E-state index contributed by atoms with van der Waals surface area (Å²) >= 11 is 0. The van der Waals surface area contributed by atoms with Crippen molar-refractivity contribution in [1.29, 1.82) is 0 Å². The minimum Gasteiger partial charge on any atom is -0.473 e. The summed E-state index contributed by atoms with van der Waals surface area (Å²) in [6, 6.07) is 0. The van der Waals surface area contributed by atoms with E-state index in [0.717, 1.165) is 0 Å². The molecule has 0 radical (unpaired) electrons. The van der Waals surface area contributed by atoms with Crippen LogP contribution < -0.4 is 11.5 Å². The van der Waals surface area contributed by atoms with Gasteiger partial charge >= 0.3 is 11.9 Å². The Morgan fingerprint density at radius 2 is 2.00 bits per heavy atom. The maximum atomic E-state index is 10.3. The summed E-state index contributed by atoms with van der Waals surface area (Å²) in [7, 11) is 0. The minimum absolute atomic E-state index is 0.0569. The van der Waals surface area contributed by atoms with Gasteiger partial charge < -0.3 is 21.3 Å². The molecule has 0 fully saturated rings. The molecule has 0 heterocycles.